The van der Waals surface area contributed by atoms with E-state index in [1.54, 1.807) is 0 Å². The normalized spacial score (nSPS) is 9.75. The average Bonchev–Trinajstić information content (AvgIpc) is 2.33. The molecule has 0 bridgehead atoms. The third-order valence-corrected chi connectivity index (χ3v) is 2.31. The molecule has 0 saturated carbocycles. The number of hydrogen-bond donors (Lipinski definition) is 1. The molecule has 0 saturated heterocycles. The topological polar surface area (TPSA) is 46.2 Å². The fraction of sp³-hybridized carbons (Fsp3) is 0.385. The van der Waals surface area contributed by atoms with Crippen LogP contribution in [0, 0.1) is 0 Å². The maximum Gasteiger partial charge on any atom is 0.220 e. The third kappa shape index (κ3) is 5.29. The van der Waals surface area contributed by atoms with Crippen LogP contribution in [-0.2, 0) is 16.1 Å². The lowest BCUT2D eigenvalue weighted by atomic mass is 10.2. The van der Waals surface area contributed by atoms with Gasteiger partial charge in [-0.05, 0) is 18.4 Å². The molecule has 0 heterocycles. The van der Waals surface area contributed by atoms with E-state index in [-0.39, 0.29) is 5.91 Å². The summed E-state index contributed by atoms with van der Waals surface area (Å²) in [5.74, 6) is 0.0507. The van der Waals surface area contributed by atoms with E-state index in [2.05, 4.69) is 5.32 Å². The lowest BCUT2D eigenvalue weighted by molar-refractivity contribution is -0.121. The molecule has 0 atom stereocenters. The van der Waals surface area contributed by atoms with Gasteiger partial charge in [-0.1, -0.05) is 30.3 Å². The first-order valence-corrected chi connectivity index (χ1v) is 5.57. The van der Waals surface area contributed by atoms with Gasteiger partial charge in [0.2, 0.25) is 5.91 Å². The quantitative estimate of drug-likeness (QED) is 0.563. The molecule has 0 fully saturated rings. The van der Waals surface area contributed by atoms with Crippen molar-refractivity contribution >= 4 is 12.2 Å². The van der Waals surface area contributed by atoms with Gasteiger partial charge in [-0.15, -0.1) is 0 Å². The first-order chi connectivity index (χ1) is 7.83. The van der Waals surface area contributed by atoms with E-state index in [0.29, 0.717) is 19.4 Å². The van der Waals surface area contributed by atoms with Crippen molar-refractivity contribution < 1.29 is 9.59 Å². The van der Waals surface area contributed by atoms with Crippen molar-refractivity contribution in [3.63, 3.8) is 0 Å². The highest BCUT2D eigenvalue weighted by atomic mass is 16.1. The van der Waals surface area contributed by atoms with E-state index in [9.17, 15) is 9.59 Å². The molecular weight excluding hydrogens is 202 g/mol. The van der Waals surface area contributed by atoms with Gasteiger partial charge in [-0.3, -0.25) is 4.79 Å². The maximum atomic E-state index is 11.4. The van der Waals surface area contributed by atoms with Gasteiger partial charge < -0.3 is 10.1 Å². The molecule has 0 aliphatic rings. The van der Waals surface area contributed by atoms with Crippen LogP contribution in [0.1, 0.15) is 31.2 Å². The minimum absolute atomic E-state index is 0.0507. The Kier molecular flexibility index (Phi) is 5.92. The summed E-state index contributed by atoms with van der Waals surface area (Å²) >= 11 is 0. The summed E-state index contributed by atoms with van der Waals surface area (Å²) in [6.07, 6.45) is 3.51. The summed E-state index contributed by atoms with van der Waals surface area (Å²) in [6, 6.07) is 9.81. The number of rotatable bonds is 7. The van der Waals surface area contributed by atoms with Gasteiger partial charge in [0.25, 0.3) is 0 Å². The smallest absolute Gasteiger partial charge is 0.220 e. The molecule has 0 unspecified atom stereocenters. The maximum absolute atomic E-state index is 11.4. The molecule has 1 aromatic carbocycles. The standard InChI is InChI=1S/C13H17NO2/c15-10-6-2-5-9-13(16)14-11-12-7-3-1-4-8-12/h1,3-4,7-8,10H,2,5-6,9,11H2,(H,14,16). The van der Waals surface area contributed by atoms with Crippen LogP contribution in [-0.4, -0.2) is 12.2 Å². The summed E-state index contributed by atoms with van der Waals surface area (Å²) < 4.78 is 0. The molecule has 86 valence electrons. The zero-order valence-corrected chi connectivity index (χ0v) is 9.32. The molecule has 16 heavy (non-hydrogen) atoms. The summed E-state index contributed by atoms with van der Waals surface area (Å²) in [5, 5.41) is 2.85. The predicted molar refractivity (Wildman–Crippen MR) is 62.8 cm³/mol. The molecule has 1 aromatic rings. The number of nitrogens with one attached hydrogen (secondary N) is 1. The number of benzene rings is 1. The van der Waals surface area contributed by atoms with E-state index < -0.39 is 0 Å². The van der Waals surface area contributed by atoms with E-state index in [4.69, 9.17) is 0 Å². The molecule has 0 aliphatic heterocycles. The monoisotopic (exact) mass is 219 g/mol. The lowest BCUT2D eigenvalue weighted by Gasteiger charge is -2.04. The Labute approximate surface area is 95.9 Å². The minimum Gasteiger partial charge on any atom is -0.352 e. The van der Waals surface area contributed by atoms with Crippen molar-refractivity contribution in [2.75, 3.05) is 0 Å². The number of amides is 1. The highest BCUT2D eigenvalue weighted by molar-refractivity contribution is 5.75. The van der Waals surface area contributed by atoms with Crippen molar-refractivity contribution in [1.82, 2.24) is 5.32 Å². The summed E-state index contributed by atoms with van der Waals surface area (Å²) in [5.41, 5.74) is 1.10. The van der Waals surface area contributed by atoms with E-state index in [0.717, 1.165) is 24.7 Å². The zero-order chi connectivity index (χ0) is 11.6. The Morgan fingerprint density at radius 3 is 2.62 bits per heavy atom. The van der Waals surface area contributed by atoms with Gasteiger partial charge in [-0.25, -0.2) is 0 Å². The number of carbonyl (C=O) groups excluding carboxylic acids is 2. The van der Waals surface area contributed by atoms with Gasteiger partial charge in [0, 0.05) is 19.4 Å². The van der Waals surface area contributed by atoms with Crippen molar-refractivity contribution in [2.24, 2.45) is 0 Å². The van der Waals surface area contributed by atoms with Crippen LogP contribution >= 0.6 is 0 Å². The minimum atomic E-state index is 0.0507. The van der Waals surface area contributed by atoms with Crippen LogP contribution in [0.5, 0.6) is 0 Å². The van der Waals surface area contributed by atoms with Crippen LogP contribution in [0.3, 0.4) is 0 Å². The van der Waals surface area contributed by atoms with Gasteiger partial charge in [0.05, 0.1) is 0 Å². The Hall–Kier alpha value is -1.64. The van der Waals surface area contributed by atoms with E-state index >= 15 is 0 Å². The van der Waals surface area contributed by atoms with E-state index in [1.807, 2.05) is 30.3 Å². The van der Waals surface area contributed by atoms with Gasteiger partial charge in [0.15, 0.2) is 0 Å². The number of carbonyl (C=O) groups is 2. The molecule has 0 spiro atoms. The van der Waals surface area contributed by atoms with Crippen LogP contribution < -0.4 is 5.32 Å². The van der Waals surface area contributed by atoms with Gasteiger partial charge in [0.1, 0.15) is 6.29 Å². The first-order valence-electron chi connectivity index (χ1n) is 5.57. The second-order valence-corrected chi connectivity index (χ2v) is 3.67. The number of hydrogen-bond acceptors (Lipinski definition) is 2. The Bertz CT molecular complexity index is 322. The molecule has 1 rings (SSSR count). The molecule has 0 aromatic heterocycles. The second kappa shape index (κ2) is 7.63. The fourth-order valence-corrected chi connectivity index (χ4v) is 1.40. The first kappa shape index (κ1) is 12.4. The molecule has 1 N–H and O–H groups in total. The van der Waals surface area contributed by atoms with Crippen LogP contribution in [0.2, 0.25) is 0 Å². The highest BCUT2D eigenvalue weighted by Crippen LogP contribution is 2.00. The summed E-state index contributed by atoms with van der Waals surface area (Å²) in [6.45, 7) is 0.577. The van der Waals surface area contributed by atoms with Crippen molar-refractivity contribution in [3.8, 4) is 0 Å². The van der Waals surface area contributed by atoms with Crippen LogP contribution in [0.4, 0.5) is 0 Å². The molecule has 0 aliphatic carbocycles. The Morgan fingerprint density at radius 1 is 1.19 bits per heavy atom. The molecular formula is C13H17NO2. The number of unbranched alkanes of at least 4 members (excludes halogenated alkanes) is 2. The van der Waals surface area contributed by atoms with Crippen LogP contribution in [0.15, 0.2) is 30.3 Å². The lowest BCUT2D eigenvalue weighted by Crippen LogP contribution is -2.22. The van der Waals surface area contributed by atoms with Crippen molar-refractivity contribution in [1.29, 1.82) is 0 Å². The van der Waals surface area contributed by atoms with Gasteiger partial charge in [-0.2, -0.15) is 0 Å². The molecule has 0 radical (unpaired) electrons. The largest absolute Gasteiger partial charge is 0.352 e. The second-order valence-electron chi connectivity index (χ2n) is 3.67. The molecule has 3 nitrogen and oxygen atoms in total. The van der Waals surface area contributed by atoms with Crippen LogP contribution in [0.25, 0.3) is 0 Å². The SMILES string of the molecule is O=CCCCCC(=O)NCc1ccccc1. The zero-order valence-electron chi connectivity index (χ0n) is 9.32. The molecule has 1 amide bonds. The highest BCUT2D eigenvalue weighted by Gasteiger charge is 2.00. The third-order valence-electron chi connectivity index (χ3n) is 2.31. The molecule has 3 heteroatoms. The fourth-order valence-electron chi connectivity index (χ4n) is 1.40. The summed E-state index contributed by atoms with van der Waals surface area (Å²) in [4.78, 5) is 21.4. The summed E-state index contributed by atoms with van der Waals surface area (Å²) in [7, 11) is 0. The van der Waals surface area contributed by atoms with Gasteiger partial charge >= 0.3 is 0 Å². The predicted octanol–water partition coefficient (Wildman–Crippen LogP) is 2.06. The number of aldehydes is 1. The van der Waals surface area contributed by atoms with E-state index in [1.165, 1.54) is 0 Å². The Morgan fingerprint density at radius 2 is 1.94 bits per heavy atom. The van der Waals surface area contributed by atoms with Crippen molar-refractivity contribution in [2.45, 2.75) is 32.2 Å². The Balaban J connectivity index is 2.13. The van der Waals surface area contributed by atoms with Crippen molar-refractivity contribution in [3.05, 3.63) is 35.9 Å². The average molecular weight is 219 g/mol.